The van der Waals surface area contributed by atoms with Crippen molar-refractivity contribution in [3.8, 4) is 0 Å². The number of aryl methyl sites for hydroxylation is 1. The van der Waals surface area contributed by atoms with Gasteiger partial charge in [0, 0.05) is 37.1 Å². The van der Waals surface area contributed by atoms with E-state index in [1.165, 1.54) is 16.9 Å². The van der Waals surface area contributed by atoms with Gasteiger partial charge in [0.1, 0.15) is 4.21 Å². The molecule has 1 aliphatic rings. The van der Waals surface area contributed by atoms with E-state index in [0.717, 1.165) is 24.4 Å². The topological polar surface area (TPSA) is 40.6 Å². The molecule has 1 fully saturated rings. The van der Waals surface area contributed by atoms with Crippen molar-refractivity contribution in [3.63, 3.8) is 0 Å². The highest BCUT2D eigenvalue weighted by atomic mass is 32.2. The molecule has 0 amide bonds. The van der Waals surface area contributed by atoms with Crippen LogP contribution in [0.5, 0.6) is 0 Å². The van der Waals surface area contributed by atoms with Crippen LogP contribution in [0.4, 0.5) is 0 Å². The first-order valence-electron chi connectivity index (χ1n) is 8.31. The summed E-state index contributed by atoms with van der Waals surface area (Å²) < 4.78 is 27.6. The number of nitrogens with zero attached hydrogens (tertiary/aromatic N) is 2. The second-order valence-corrected chi connectivity index (χ2v) is 9.80. The van der Waals surface area contributed by atoms with E-state index in [1.54, 1.807) is 10.4 Å². The van der Waals surface area contributed by atoms with E-state index in [-0.39, 0.29) is 6.04 Å². The van der Waals surface area contributed by atoms with Crippen LogP contribution in [0.1, 0.15) is 17.4 Å². The maximum Gasteiger partial charge on any atom is 0.252 e. The zero-order valence-corrected chi connectivity index (χ0v) is 15.8. The van der Waals surface area contributed by atoms with Gasteiger partial charge in [0.2, 0.25) is 0 Å². The van der Waals surface area contributed by atoms with Gasteiger partial charge in [0.15, 0.2) is 0 Å². The largest absolute Gasteiger partial charge is 0.298 e. The number of hydrogen-bond donors (Lipinski definition) is 0. The van der Waals surface area contributed by atoms with Gasteiger partial charge in [0.05, 0.1) is 0 Å². The van der Waals surface area contributed by atoms with Crippen molar-refractivity contribution < 1.29 is 8.42 Å². The molecular formula is C18H24N2O2S2. The van der Waals surface area contributed by atoms with Crippen molar-refractivity contribution in [2.24, 2.45) is 0 Å². The van der Waals surface area contributed by atoms with Crippen LogP contribution < -0.4 is 0 Å². The number of rotatable bonds is 5. The molecule has 0 saturated carbocycles. The molecule has 1 saturated heterocycles. The molecule has 0 spiro atoms. The monoisotopic (exact) mass is 364 g/mol. The zero-order valence-electron chi connectivity index (χ0n) is 14.2. The Morgan fingerprint density at radius 3 is 2.50 bits per heavy atom. The minimum absolute atomic E-state index is 0.235. The van der Waals surface area contributed by atoms with E-state index in [9.17, 15) is 8.42 Å². The fraction of sp³-hybridized carbons (Fsp3) is 0.444. The van der Waals surface area contributed by atoms with Crippen LogP contribution in [-0.2, 0) is 16.4 Å². The fourth-order valence-electron chi connectivity index (χ4n) is 3.11. The Balaban J connectivity index is 1.61. The molecule has 0 aliphatic carbocycles. The Hall–Kier alpha value is -1.21. The first-order valence-corrected chi connectivity index (χ1v) is 10.6. The highest BCUT2D eigenvalue weighted by Crippen LogP contribution is 2.26. The SMILES string of the molecule is Cc1ccc(S(=O)(=O)N2CCN(CCc3ccccc3)C(C)C2)s1. The van der Waals surface area contributed by atoms with Gasteiger partial charge < -0.3 is 0 Å². The molecule has 4 nitrogen and oxygen atoms in total. The number of hydrogen-bond acceptors (Lipinski definition) is 4. The normalized spacial score (nSPS) is 20.3. The van der Waals surface area contributed by atoms with Crippen molar-refractivity contribution >= 4 is 21.4 Å². The summed E-state index contributed by atoms with van der Waals surface area (Å²) >= 11 is 1.35. The molecule has 3 rings (SSSR count). The molecular weight excluding hydrogens is 340 g/mol. The van der Waals surface area contributed by atoms with Gasteiger partial charge in [-0.05, 0) is 38.0 Å². The Morgan fingerprint density at radius 1 is 1.12 bits per heavy atom. The summed E-state index contributed by atoms with van der Waals surface area (Å²) in [5.41, 5.74) is 1.33. The van der Waals surface area contributed by atoms with E-state index >= 15 is 0 Å². The van der Waals surface area contributed by atoms with Gasteiger partial charge in [-0.25, -0.2) is 8.42 Å². The molecule has 1 aromatic carbocycles. The molecule has 1 aromatic heterocycles. The average Bonchev–Trinajstić information content (AvgIpc) is 3.02. The van der Waals surface area contributed by atoms with Gasteiger partial charge in [-0.2, -0.15) is 4.31 Å². The minimum atomic E-state index is -3.34. The first kappa shape index (κ1) is 17.6. The number of sulfonamides is 1. The molecule has 0 bridgehead atoms. The summed E-state index contributed by atoms with van der Waals surface area (Å²) in [7, 11) is -3.34. The molecule has 130 valence electrons. The van der Waals surface area contributed by atoms with Crippen LogP contribution in [0.2, 0.25) is 0 Å². The number of piperazine rings is 1. The summed E-state index contributed by atoms with van der Waals surface area (Å²) in [6.45, 7) is 6.95. The molecule has 1 aliphatic heterocycles. The summed E-state index contributed by atoms with van der Waals surface area (Å²) in [5.74, 6) is 0. The second kappa shape index (κ2) is 7.35. The molecule has 0 radical (unpaired) electrons. The van der Waals surface area contributed by atoms with Gasteiger partial charge in [-0.3, -0.25) is 4.90 Å². The van der Waals surface area contributed by atoms with Crippen LogP contribution in [0.15, 0.2) is 46.7 Å². The van der Waals surface area contributed by atoms with E-state index in [1.807, 2.05) is 19.1 Å². The third-order valence-corrected chi connectivity index (χ3v) is 7.90. The van der Waals surface area contributed by atoms with Crippen molar-refractivity contribution in [2.75, 3.05) is 26.2 Å². The lowest BCUT2D eigenvalue weighted by molar-refractivity contribution is 0.130. The van der Waals surface area contributed by atoms with Gasteiger partial charge in [0.25, 0.3) is 10.0 Å². The summed E-state index contributed by atoms with van der Waals surface area (Å²) in [6, 6.07) is 14.3. The second-order valence-electron chi connectivity index (χ2n) is 6.35. The Morgan fingerprint density at radius 2 is 1.88 bits per heavy atom. The van der Waals surface area contributed by atoms with Crippen molar-refractivity contribution in [1.29, 1.82) is 0 Å². The lowest BCUT2D eigenvalue weighted by atomic mass is 10.1. The zero-order chi connectivity index (χ0) is 17.2. The third-order valence-electron chi connectivity index (χ3n) is 4.57. The summed E-state index contributed by atoms with van der Waals surface area (Å²) in [4.78, 5) is 3.42. The van der Waals surface area contributed by atoms with E-state index in [2.05, 4.69) is 36.1 Å². The standard InChI is InChI=1S/C18H24N2O2S2/c1-15-14-20(24(21,22)18-9-8-16(2)23-18)13-12-19(15)11-10-17-6-4-3-5-7-17/h3-9,15H,10-14H2,1-2H3. The predicted molar refractivity (Wildman–Crippen MR) is 99.0 cm³/mol. The van der Waals surface area contributed by atoms with Crippen LogP contribution >= 0.6 is 11.3 Å². The van der Waals surface area contributed by atoms with Crippen LogP contribution in [0.3, 0.4) is 0 Å². The van der Waals surface area contributed by atoms with Crippen molar-refractivity contribution in [2.45, 2.75) is 30.5 Å². The van der Waals surface area contributed by atoms with Crippen molar-refractivity contribution in [3.05, 3.63) is 52.9 Å². The first-order chi connectivity index (χ1) is 11.5. The molecule has 24 heavy (non-hydrogen) atoms. The van der Waals surface area contributed by atoms with E-state index < -0.39 is 10.0 Å². The molecule has 1 atom stereocenters. The Labute approximate surface area is 148 Å². The number of benzene rings is 1. The van der Waals surface area contributed by atoms with E-state index in [0.29, 0.717) is 17.3 Å². The minimum Gasteiger partial charge on any atom is -0.298 e. The van der Waals surface area contributed by atoms with Gasteiger partial charge >= 0.3 is 0 Å². The fourth-order valence-corrected chi connectivity index (χ4v) is 6.06. The lowest BCUT2D eigenvalue weighted by Crippen LogP contribution is -2.53. The lowest BCUT2D eigenvalue weighted by Gasteiger charge is -2.39. The quantitative estimate of drug-likeness (QED) is 0.819. The van der Waals surface area contributed by atoms with Gasteiger partial charge in [-0.1, -0.05) is 30.3 Å². The third kappa shape index (κ3) is 3.88. The van der Waals surface area contributed by atoms with Crippen LogP contribution in [0, 0.1) is 6.92 Å². The molecule has 6 heteroatoms. The van der Waals surface area contributed by atoms with E-state index in [4.69, 9.17) is 0 Å². The smallest absolute Gasteiger partial charge is 0.252 e. The van der Waals surface area contributed by atoms with Crippen LogP contribution in [-0.4, -0.2) is 49.8 Å². The van der Waals surface area contributed by atoms with Crippen molar-refractivity contribution in [1.82, 2.24) is 9.21 Å². The maximum absolute atomic E-state index is 12.7. The molecule has 0 N–H and O–H groups in total. The maximum atomic E-state index is 12.7. The Bertz CT molecular complexity index is 771. The highest BCUT2D eigenvalue weighted by molar-refractivity contribution is 7.91. The molecule has 2 heterocycles. The highest BCUT2D eigenvalue weighted by Gasteiger charge is 2.32. The van der Waals surface area contributed by atoms with Crippen LogP contribution in [0.25, 0.3) is 0 Å². The predicted octanol–water partition coefficient (Wildman–Crippen LogP) is 2.99. The Kier molecular flexibility index (Phi) is 5.39. The summed E-state index contributed by atoms with van der Waals surface area (Å²) in [5, 5.41) is 0. The number of thiophene rings is 1. The summed E-state index contributed by atoms with van der Waals surface area (Å²) in [6.07, 6.45) is 1.00. The molecule has 2 aromatic rings. The molecule has 1 unspecified atom stereocenters. The van der Waals surface area contributed by atoms with Gasteiger partial charge in [-0.15, -0.1) is 11.3 Å². The average molecular weight is 365 g/mol.